The summed E-state index contributed by atoms with van der Waals surface area (Å²) in [6.45, 7) is 0.865. The van der Waals surface area contributed by atoms with Crippen LogP contribution in [0.25, 0.3) is 16.8 Å². The zero-order valence-electron chi connectivity index (χ0n) is 18.2. The first-order valence-electron chi connectivity index (χ1n) is 11.1. The highest BCUT2D eigenvalue weighted by Gasteiger charge is 2.41. The lowest BCUT2D eigenvalue weighted by atomic mass is 9.91. The van der Waals surface area contributed by atoms with E-state index in [2.05, 4.69) is 89.6 Å². The Hall–Kier alpha value is -2.92. The molecular formula is C28H27NO2S. The molecule has 1 aromatic heterocycles. The summed E-state index contributed by atoms with van der Waals surface area (Å²) in [6, 6.07) is 27.2. The highest BCUT2D eigenvalue weighted by Crippen LogP contribution is 2.44. The molecule has 1 aliphatic rings. The van der Waals surface area contributed by atoms with Gasteiger partial charge in [0.2, 0.25) is 5.79 Å². The van der Waals surface area contributed by atoms with Crippen molar-refractivity contribution >= 4 is 28.2 Å². The van der Waals surface area contributed by atoms with Crippen LogP contribution in [0, 0.1) is 0 Å². The van der Waals surface area contributed by atoms with Crippen LogP contribution in [-0.2, 0) is 10.5 Å². The predicted octanol–water partition coefficient (Wildman–Crippen LogP) is 6.92. The minimum Gasteiger partial charge on any atom is -0.457 e. The molecule has 1 heterocycles. The van der Waals surface area contributed by atoms with E-state index in [9.17, 15) is 0 Å². The van der Waals surface area contributed by atoms with Crippen molar-refractivity contribution in [1.82, 2.24) is 5.32 Å². The topological polar surface area (TPSA) is 30.5 Å². The highest BCUT2D eigenvalue weighted by atomic mass is 32.1. The third-order valence-corrected chi connectivity index (χ3v) is 6.89. The molecule has 3 nitrogen and oxygen atoms in total. The Bertz CT molecular complexity index is 1210. The second-order valence-electron chi connectivity index (χ2n) is 8.04. The van der Waals surface area contributed by atoms with E-state index in [1.54, 1.807) is 11.3 Å². The first kappa shape index (κ1) is 21.0. The summed E-state index contributed by atoms with van der Waals surface area (Å²) in [5.41, 5.74) is 2.21. The summed E-state index contributed by atoms with van der Waals surface area (Å²) in [5, 5.41) is 7.63. The Labute approximate surface area is 193 Å². The second kappa shape index (κ2) is 9.29. The Morgan fingerprint density at radius 1 is 0.969 bits per heavy atom. The molecule has 0 saturated carbocycles. The zero-order chi connectivity index (χ0) is 21.8. The Morgan fingerprint density at radius 3 is 2.69 bits per heavy atom. The van der Waals surface area contributed by atoms with Crippen LogP contribution in [0.15, 0.2) is 90.3 Å². The van der Waals surface area contributed by atoms with Crippen LogP contribution in [-0.4, -0.2) is 13.6 Å². The molecule has 3 aromatic carbocycles. The van der Waals surface area contributed by atoms with Gasteiger partial charge in [-0.25, -0.2) is 0 Å². The van der Waals surface area contributed by atoms with Crippen LogP contribution in [0.1, 0.15) is 34.9 Å². The van der Waals surface area contributed by atoms with Crippen molar-refractivity contribution in [3.63, 3.8) is 0 Å². The molecule has 2 unspecified atom stereocenters. The minimum absolute atomic E-state index is 0.0722. The molecule has 1 aliphatic carbocycles. The number of fused-ring (bicyclic) bond motifs is 2. The summed E-state index contributed by atoms with van der Waals surface area (Å²) in [4.78, 5) is 1.22. The average molecular weight is 442 g/mol. The van der Waals surface area contributed by atoms with Crippen LogP contribution < -0.4 is 10.1 Å². The number of ether oxygens (including phenoxy) is 2. The molecule has 162 valence electrons. The molecule has 0 radical (unpaired) electrons. The molecule has 0 bridgehead atoms. The van der Waals surface area contributed by atoms with E-state index in [1.165, 1.54) is 4.88 Å². The van der Waals surface area contributed by atoms with Gasteiger partial charge in [0.15, 0.2) is 0 Å². The van der Waals surface area contributed by atoms with Gasteiger partial charge in [0.1, 0.15) is 5.75 Å². The van der Waals surface area contributed by atoms with Gasteiger partial charge >= 0.3 is 0 Å². The van der Waals surface area contributed by atoms with Gasteiger partial charge in [-0.05, 0) is 48.5 Å². The largest absolute Gasteiger partial charge is 0.457 e. The molecule has 0 spiro atoms. The van der Waals surface area contributed by atoms with Crippen molar-refractivity contribution in [2.75, 3.05) is 13.6 Å². The number of thiophene rings is 1. The lowest BCUT2D eigenvalue weighted by Crippen LogP contribution is -2.39. The van der Waals surface area contributed by atoms with Gasteiger partial charge in [-0.15, -0.1) is 11.3 Å². The normalized spacial score (nSPS) is 18.4. The van der Waals surface area contributed by atoms with Crippen molar-refractivity contribution in [3.8, 4) is 5.75 Å². The van der Waals surface area contributed by atoms with Gasteiger partial charge in [-0.1, -0.05) is 78.9 Å². The van der Waals surface area contributed by atoms with E-state index in [4.69, 9.17) is 9.47 Å². The van der Waals surface area contributed by atoms with Crippen molar-refractivity contribution in [1.29, 1.82) is 0 Å². The van der Waals surface area contributed by atoms with Crippen molar-refractivity contribution in [2.24, 2.45) is 0 Å². The number of nitrogens with one attached hydrogen (secondary N) is 1. The van der Waals surface area contributed by atoms with Crippen molar-refractivity contribution < 1.29 is 9.47 Å². The van der Waals surface area contributed by atoms with Gasteiger partial charge in [-0.2, -0.15) is 0 Å². The maximum Gasteiger partial charge on any atom is 0.242 e. The molecular weight excluding hydrogens is 414 g/mol. The zero-order valence-corrected chi connectivity index (χ0v) is 19.0. The van der Waals surface area contributed by atoms with Gasteiger partial charge in [0, 0.05) is 22.2 Å². The van der Waals surface area contributed by atoms with Crippen LogP contribution in [0.5, 0.6) is 5.75 Å². The van der Waals surface area contributed by atoms with Gasteiger partial charge in [0.25, 0.3) is 0 Å². The Morgan fingerprint density at radius 2 is 1.81 bits per heavy atom. The van der Waals surface area contributed by atoms with Crippen LogP contribution in [0.3, 0.4) is 0 Å². The van der Waals surface area contributed by atoms with E-state index in [-0.39, 0.29) is 6.10 Å². The van der Waals surface area contributed by atoms with Crippen LogP contribution in [0.2, 0.25) is 0 Å². The quantitative estimate of drug-likeness (QED) is 0.301. The second-order valence-corrected chi connectivity index (χ2v) is 9.02. The fraction of sp³-hybridized carbons (Fsp3) is 0.214. The lowest BCUT2D eigenvalue weighted by molar-refractivity contribution is -0.222. The van der Waals surface area contributed by atoms with Crippen molar-refractivity contribution in [2.45, 2.75) is 24.7 Å². The Balaban J connectivity index is 1.61. The third-order valence-electron chi connectivity index (χ3n) is 5.93. The summed E-state index contributed by atoms with van der Waals surface area (Å²) in [5.74, 6) is -0.0653. The van der Waals surface area contributed by atoms with E-state index < -0.39 is 5.79 Å². The minimum atomic E-state index is -0.905. The molecule has 4 aromatic rings. The SMILES string of the molecule is CNCCC(OC1(Oc2cccc3ccccc23)CC=Cc2ccccc21)c1cccs1. The number of hydrogen-bond donors (Lipinski definition) is 1. The number of benzene rings is 3. The van der Waals surface area contributed by atoms with Crippen LogP contribution in [0.4, 0.5) is 0 Å². The summed E-state index contributed by atoms with van der Waals surface area (Å²) >= 11 is 1.73. The van der Waals surface area contributed by atoms with Gasteiger partial charge < -0.3 is 14.8 Å². The van der Waals surface area contributed by atoms with Crippen LogP contribution >= 0.6 is 11.3 Å². The van der Waals surface area contributed by atoms with E-state index in [1.807, 2.05) is 19.2 Å². The first-order valence-corrected chi connectivity index (χ1v) is 12.0. The predicted molar refractivity (Wildman–Crippen MR) is 133 cm³/mol. The third kappa shape index (κ3) is 4.09. The van der Waals surface area contributed by atoms with Crippen molar-refractivity contribution in [3.05, 3.63) is 106 Å². The molecule has 1 N–H and O–H groups in total. The molecule has 2 atom stereocenters. The van der Waals surface area contributed by atoms with Gasteiger partial charge in [0.05, 0.1) is 6.10 Å². The molecule has 0 saturated heterocycles. The molecule has 32 heavy (non-hydrogen) atoms. The average Bonchev–Trinajstić information content (AvgIpc) is 3.37. The molecule has 5 rings (SSSR count). The summed E-state index contributed by atoms with van der Waals surface area (Å²) in [6.07, 6.45) is 5.77. The molecule has 4 heteroatoms. The monoisotopic (exact) mass is 441 g/mol. The number of rotatable bonds is 8. The standard InChI is InChI=1S/C28H27NO2S/c1-29-19-17-26(27-16-8-20-32-27)31-28(18-7-12-22-10-3-5-14-24(22)28)30-25-15-6-11-21-9-2-4-13-23(21)25/h2-16,20,26,29H,17-19H2,1H3. The maximum atomic E-state index is 7.00. The molecule has 0 amide bonds. The summed E-state index contributed by atoms with van der Waals surface area (Å²) in [7, 11) is 1.98. The highest BCUT2D eigenvalue weighted by molar-refractivity contribution is 7.10. The molecule has 0 fully saturated rings. The van der Waals surface area contributed by atoms with E-state index in [0.717, 1.165) is 40.6 Å². The van der Waals surface area contributed by atoms with Gasteiger partial charge in [-0.3, -0.25) is 0 Å². The summed E-state index contributed by atoms with van der Waals surface area (Å²) < 4.78 is 13.9. The smallest absolute Gasteiger partial charge is 0.242 e. The lowest BCUT2D eigenvalue weighted by Gasteiger charge is -2.39. The maximum absolute atomic E-state index is 7.00. The fourth-order valence-electron chi connectivity index (χ4n) is 4.37. The molecule has 0 aliphatic heterocycles. The fourth-order valence-corrected chi connectivity index (χ4v) is 5.16. The first-order chi connectivity index (χ1) is 15.8. The number of hydrogen-bond acceptors (Lipinski definition) is 4. The Kier molecular flexibility index (Phi) is 6.08. The van der Waals surface area contributed by atoms with E-state index in [0.29, 0.717) is 6.42 Å². The van der Waals surface area contributed by atoms with E-state index >= 15 is 0 Å².